The van der Waals surface area contributed by atoms with Crippen molar-refractivity contribution in [2.24, 2.45) is 5.11 Å². The van der Waals surface area contributed by atoms with Crippen LogP contribution in [-0.4, -0.2) is 50.9 Å². The summed E-state index contributed by atoms with van der Waals surface area (Å²) in [5.41, 5.74) is 4.55. The van der Waals surface area contributed by atoms with Gasteiger partial charge in [-0.3, -0.25) is 0 Å². The van der Waals surface area contributed by atoms with Crippen molar-refractivity contribution in [2.45, 2.75) is 43.1 Å². The molecular formula is C21H20F3N3O7S. The Labute approximate surface area is 198 Å². The van der Waals surface area contributed by atoms with Crippen LogP contribution in [-0.2, 0) is 46.5 Å². The maximum atomic E-state index is 12.9. The molecule has 0 bridgehead atoms. The van der Waals surface area contributed by atoms with Gasteiger partial charge in [0.25, 0.3) is 0 Å². The van der Waals surface area contributed by atoms with Gasteiger partial charge in [-0.1, -0.05) is 65.8 Å². The van der Waals surface area contributed by atoms with Gasteiger partial charge in [-0.25, -0.2) is 8.98 Å². The van der Waals surface area contributed by atoms with Gasteiger partial charge < -0.3 is 14.2 Å². The number of cyclic esters (lactones) is 1. The lowest BCUT2D eigenvalue weighted by atomic mass is 10.0. The van der Waals surface area contributed by atoms with Gasteiger partial charge >= 0.3 is 21.6 Å². The van der Waals surface area contributed by atoms with Gasteiger partial charge in [0.2, 0.25) is 6.10 Å². The SMILES string of the molecule is [N-]=[N+]=N[C@@H](COCc1ccccc1)[C@H]1OC(=O)[C@H](OS(=O)(=O)C(F)(F)F)[C@H]1OCc1ccccc1. The minimum Gasteiger partial charge on any atom is -0.457 e. The topological polar surface area (TPSA) is 137 Å². The zero-order chi connectivity index (χ0) is 25.5. The fourth-order valence-electron chi connectivity index (χ4n) is 3.24. The zero-order valence-electron chi connectivity index (χ0n) is 17.9. The van der Waals surface area contributed by atoms with Crippen LogP contribution in [0, 0.1) is 0 Å². The zero-order valence-corrected chi connectivity index (χ0v) is 18.8. The number of alkyl halides is 3. The highest BCUT2D eigenvalue weighted by Gasteiger charge is 2.56. The van der Waals surface area contributed by atoms with Crippen LogP contribution in [0.2, 0.25) is 0 Å². The summed E-state index contributed by atoms with van der Waals surface area (Å²) in [5, 5.41) is 3.53. The number of ether oxygens (including phenoxy) is 3. The number of benzene rings is 2. The van der Waals surface area contributed by atoms with Crippen molar-refractivity contribution in [3.63, 3.8) is 0 Å². The van der Waals surface area contributed by atoms with Gasteiger partial charge in [-0.15, -0.1) is 0 Å². The molecule has 4 atom stereocenters. The van der Waals surface area contributed by atoms with E-state index in [1.807, 2.05) is 0 Å². The summed E-state index contributed by atoms with van der Waals surface area (Å²) in [5.74, 6) is -1.41. The highest BCUT2D eigenvalue weighted by molar-refractivity contribution is 7.87. The number of hydrogen-bond acceptors (Lipinski definition) is 8. The number of halogens is 3. The van der Waals surface area contributed by atoms with E-state index in [1.165, 1.54) is 0 Å². The van der Waals surface area contributed by atoms with Crippen LogP contribution in [0.3, 0.4) is 0 Å². The summed E-state index contributed by atoms with van der Waals surface area (Å²) in [6.45, 7) is -0.434. The Morgan fingerprint density at radius 2 is 1.60 bits per heavy atom. The molecule has 2 aromatic carbocycles. The molecule has 1 aliphatic heterocycles. The predicted molar refractivity (Wildman–Crippen MR) is 114 cm³/mol. The average Bonchev–Trinajstić information content (AvgIpc) is 3.12. The van der Waals surface area contributed by atoms with Crippen LogP contribution in [0.5, 0.6) is 0 Å². The Morgan fingerprint density at radius 1 is 1.03 bits per heavy atom. The predicted octanol–water partition coefficient (Wildman–Crippen LogP) is 3.63. The quantitative estimate of drug-likeness (QED) is 0.111. The first-order valence-electron chi connectivity index (χ1n) is 10.1. The Bertz CT molecular complexity index is 1140. The smallest absolute Gasteiger partial charge is 0.457 e. The van der Waals surface area contributed by atoms with E-state index in [-0.39, 0.29) is 19.8 Å². The molecule has 1 saturated heterocycles. The van der Waals surface area contributed by atoms with E-state index >= 15 is 0 Å². The van der Waals surface area contributed by atoms with E-state index in [9.17, 15) is 26.4 Å². The minimum atomic E-state index is -6.16. The number of carbonyl (C=O) groups is 1. The molecule has 1 aliphatic rings. The molecule has 0 amide bonds. The van der Waals surface area contributed by atoms with Gasteiger partial charge in [-0.2, -0.15) is 21.6 Å². The Kier molecular flexibility index (Phi) is 8.70. The van der Waals surface area contributed by atoms with E-state index in [0.717, 1.165) is 5.56 Å². The summed E-state index contributed by atoms with van der Waals surface area (Å²) < 4.78 is 82.3. The molecule has 188 valence electrons. The van der Waals surface area contributed by atoms with Crippen LogP contribution < -0.4 is 0 Å². The van der Waals surface area contributed by atoms with Crippen molar-refractivity contribution in [3.05, 3.63) is 82.2 Å². The fourth-order valence-corrected chi connectivity index (χ4v) is 3.81. The maximum Gasteiger partial charge on any atom is 0.523 e. The molecule has 0 spiro atoms. The number of azide groups is 1. The number of nitrogens with zero attached hydrogens (tertiary/aromatic N) is 3. The maximum absolute atomic E-state index is 12.9. The molecule has 1 fully saturated rings. The molecule has 0 saturated carbocycles. The molecule has 0 N–H and O–H groups in total. The summed E-state index contributed by atoms with van der Waals surface area (Å²) in [6, 6.07) is 16.0. The lowest BCUT2D eigenvalue weighted by molar-refractivity contribution is -0.147. The van der Waals surface area contributed by atoms with Crippen LogP contribution in [0.4, 0.5) is 13.2 Å². The monoisotopic (exact) mass is 515 g/mol. The van der Waals surface area contributed by atoms with Gasteiger partial charge in [0, 0.05) is 4.91 Å². The fraction of sp³-hybridized carbons (Fsp3) is 0.381. The van der Waals surface area contributed by atoms with E-state index in [0.29, 0.717) is 5.56 Å². The van der Waals surface area contributed by atoms with Crippen molar-refractivity contribution in [1.29, 1.82) is 0 Å². The third-order valence-electron chi connectivity index (χ3n) is 4.89. The van der Waals surface area contributed by atoms with Crippen LogP contribution >= 0.6 is 0 Å². The lowest BCUT2D eigenvalue weighted by Gasteiger charge is -2.25. The first kappa shape index (κ1) is 26.4. The number of rotatable bonds is 11. The highest BCUT2D eigenvalue weighted by Crippen LogP contribution is 2.33. The third kappa shape index (κ3) is 6.93. The molecular weight excluding hydrogens is 495 g/mol. The van der Waals surface area contributed by atoms with E-state index in [4.69, 9.17) is 19.7 Å². The molecule has 0 radical (unpaired) electrons. The first-order valence-corrected chi connectivity index (χ1v) is 11.5. The second kappa shape index (κ2) is 11.5. The Hall–Kier alpha value is -3.16. The van der Waals surface area contributed by atoms with Crippen molar-refractivity contribution < 1.29 is 44.8 Å². The first-order chi connectivity index (χ1) is 16.6. The van der Waals surface area contributed by atoms with Crippen molar-refractivity contribution in [3.8, 4) is 0 Å². The Morgan fingerprint density at radius 3 is 2.14 bits per heavy atom. The molecule has 2 aromatic rings. The lowest BCUT2D eigenvalue weighted by Crippen LogP contribution is -2.44. The summed E-state index contributed by atoms with van der Waals surface area (Å²) in [7, 11) is -6.16. The highest BCUT2D eigenvalue weighted by atomic mass is 32.2. The number of hydrogen-bond donors (Lipinski definition) is 0. The summed E-state index contributed by atoms with van der Waals surface area (Å²) in [4.78, 5) is 15.1. The van der Waals surface area contributed by atoms with Gasteiger partial charge in [0.1, 0.15) is 18.2 Å². The van der Waals surface area contributed by atoms with E-state index < -0.39 is 45.9 Å². The van der Waals surface area contributed by atoms with Crippen molar-refractivity contribution in [1.82, 2.24) is 0 Å². The molecule has 1 heterocycles. The molecule has 35 heavy (non-hydrogen) atoms. The van der Waals surface area contributed by atoms with Gasteiger partial charge in [-0.05, 0) is 16.7 Å². The van der Waals surface area contributed by atoms with Gasteiger partial charge in [0.15, 0.2) is 0 Å². The van der Waals surface area contributed by atoms with Crippen molar-refractivity contribution >= 4 is 16.1 Å². The van der Waals surface area contributed by atoms with E-state index in [1.54, 1.807) is 60.7 Å². The normalized spacial score (nSPS) is 21.2. The molecule has 0 aliphatic carbocycles. The second-order valence-electron chi connectivity index (χ2n) is 7.35. The van der Waals surface area contributed by atoms with Crippen LogP contribution in [0.15, 0.2) is 65.8 Å². The van der Waals surface area contributed by atoms with Crippen LogP contribution in [0.25, 0.3) is 10.4 Å². The average molecular weight is 515 g/mol. The Balaban J connectivity index is 1.82. The van der Waals surface area contributed by atoms with Crippen molar-refractivity contribution in [2.75, 3.05) is 6.61 Å². The van der Waals surface area contributed by atoms with Gasteiger partial charge in [0.05, 0.1) is 19.8 Å². The second-order valence-corrected chi connectivity index (χ2v) is 8.92. The molecule has 14 heteroatoms. The summed E-state index contributed by atoms with van der Waals surface area (Å²) >= 11 is 0. The number of carbonyl (C=O) groups excluding carboxylic acids is 1. The minimum absolute atomic E-state index is 0.0941. The van der Waals surface area contributed by atoms with E-state index in [2.05, 4.69) is 14.2 Å². The number of esters is 1. The standard InChI is InChI=1S/C21H20F3N3O7S/c22-21(23,24)35(29,30)34-19-18(32-12-15-9-5-2-6-10-15)17(33-20(19)28)16(26-27-25)13-31-11-14-7-3-1-4-8-14/h1-10,16-19H,11-13H2/t16-,17+,18-,19+/m0/s1. The molecule has 3 rings (SSSR count). The molecule has 0 unspecified atom stereocenters. The molecule has 0 aromatic heterocycles. The molecule has 10 nitrogen and oxygen atoms in total. The summed E-state index contributed by atoms with van der Waals surface area (Å²) in [6.07, 6.45) is -5.41. The third-order valence-corrected chi connectivity index (χ3v) is 5.91. The largest absolute Gasteiger partial charge is 0.523 e. The van der Waals surface area contributed by atoms with Crippen LogP contribution in [0.1, 0.15) is 11.1 Å².